The molecule has 0 saturated carbocycles. The van der Waals surface area contributed by atoms with E-state index in [9.17, 15) is 13.6 Å². The fourth-order valence-corrected chi connectivity index (χ4v) is 2.89. The van der Waals surface area contributed by atoms with E-state index in [4.69, 9.17) is 25.8 Å². The van der Waals surface area contributed by atoms with Gasteiger partial charge in [-0.25, -0.2) is 0 Å². The van der Waals surface area contributed by atoms with Crippen LogP contribution in [0.15, 0.2) is 30.3 Å². The maximum atomic E-state index is 12.5. The van der Waals surface area contributed by atoms with Crippen molar-refractivity contribution in [2.24, 2.45) is 0 Å². The van der Waals surface area contributed by atoms with Crippen LogP contribution in [0.2, 0.25) is 5.02 Å². The van der Waals surface area contributed by atoms with Gasteiger partial charge in [0, 0.05) is 12.1 Å². The van der Waals surface area contributed by atoms with Crippen LogP contribution in [-0.2, 0) is 6.42 Å². The standard InChI is InChI=1S/C20H22ClF2NO5/c1-4-28-18-14(21)10-13(11-17(18)27-3)19(25)24-8-7-12-5-6-15(26-2)16(9-12)29-20(22)23/h5-6,9-11,20H,4,7-8H2,1-3H3,(H,24,25). The minimum absolute atomic E-state index is 0.0608. The zero-order valence-corrected chi connectivity index (χ0v) is 17.0. The fraction of sp³-hybridized carbons (Fsp3) is 0.350. The van der Waals surface area contributed by atoms with Gasteiger partial charge in [0.25, 0.3) is 5.91 Å². The summed E-state index contributed by atoms with van der Waals surface area (Å²) in [5, 5.41) is 3.02. The van der Waals surface area contributed by atoms with Crippen LogP contribution in [0.3, 0.4) is 0 Å². The Bertz CT molecular complexity index is 848. The van der Waals surface area contributed by atoms with Gasteiger partial charge in [-0.1, -0.05) is 17.7 Å². The number of ether oxygens (including phenoxy) is 4. The van der Waals surface area contributed by atoms with E-state index in [1.54, 1.807) is 6.07 Å². The molecule has 0 aromatic heterocycles. The van der Waals surface area contributed by atoms with Gasteiger partial charge in [-0.05, 0) is 43.2 Å². The lowest BCUT2D eigenvalue weighted by atomic mass is 10.1. The molecule has 0 heterocycles. The number of carbonyl (C=O) groups is 1. The monoisotopic (exact) mass is 429 g/mol. The van der Waals surface area contributed by atoms with Crippen LogP contribution in [0.1, 0.15) is 22.8 Å². The highest BCUT2D eigenvalue weighted by molar-refractivity contribution is 6.32. The Hall–Kier alpha value is -2.74. The van der Waals surface area contributed by atoms with Crippen molar-refractivity contribution in [3.8, 4) is 23.0 Å². The van der Waals surface area contributed by atoms with E-state index in [1.165, 1.54) is 38.5 Å². The molecule has 2 aromatic carbocycles. The Morgan fingerprint density at radius 3 is 2.45 bits per heavy atom. The average Bonchev–Trinajstić information content (AvgIpc) is 2.69. The van der Waals surface area contributed by atoms with E-state index in [-0.39, 0.29) is 29.0 Å². The van der Waals surface area contributed by atoms with Gasteiger partial charge in [-0.15, -0.1) is 0 Å². The highest BCUT2D eigenvalue weighted by atomic mass is 35.5. The second-order valence-corrected chi connectivity index (χ2v) is 6.20. The Kier molecular flexibility index (Phi) is 8.33. The molecule has 0 bridgehead atoms. The number of benzene rings is 2. The lowest BCUT2D eigenvalue weighted by Gasteiger charge is -2.14. The van der Waals surface area contributed by atoms with Gasteiger partial charge >= 0.3 is 6.61 Å². The summed E-state index contributed by atoms with van der Waals surface area (Å²) in [5.74, 6) is 0.515. The molecule has 0 aliphatic rings. The van der Waals surface area contributed by atoms with Gasteiger partial charge < -0.3 is 24.3 Å². The second-order valence-electron chi connectivity index (χ2n) is 5.79. The van der Waals surface area contributed by atoms with E-state index in [1.807, 2.05) is 6.92 Å². The third-order valence-electron chi connectivity index (χ3n) is 3.92. The molecular formula is C20H22ClF2NO5. The van der Waals surface area contributed by atoms with Crippen LogP contribution in [0.4, 0.5) is 8.78 Å². The summed E-state index contributed by atoms with van der Waals surface area (Å²) in [4.78, 5) is 12.4. The first kappa shape index (κ1) is 22.5. The predicted molar refractivity (Wildman–Crippen MR) is 105 cm³/mol. The zero-order chi connectivity index (χ0) is 21.4. The number of nitrogens with one attached hydrogen (secondary N) is 1. The third kappa shape index (κ3) is 6.12. The van der Waals surface area contributed by atoms with E-state index in [0.29, 0.717) is 35.7 Å². The molecular weight excluding hydrogens is 408 g/mol. The molecule has 6 nitrogen and oxygen atoms in total. The first-order valence-electron chi connectivity index (χ1n) is 8.79. The number of hydrogen-bond acceptors (Lipinski definition) is 5. The molecule has 1 N–H and O–H groups in total. The largest absolute Gasteiger partial charge is 0.493 e. The van der Waals surface area contributed by atoms with Gasteiger partial charge in [-0.3, -0.25) is 4.79 Å². The summed E-state index contributed by atoms with van der Waals surface area (Å²) >= 11 is 6.18. The third-order valence-corrected chi connectivity index (χ3v) is 4.20. The van der Waals surface area contributed by atoms with Crippen LogP contribution in [0.25, 0.3) is 0 Å². The molecule has 0 atom stereocenters. The van der Waals surface area contributed by atoms with Crippen molar-refractivity contribution < 1.29 is 32.5 Å². The molecule has 1 amide bonds. The molecule has 0 fully saturated rings. The number of carbonyl (C=O) groups excluding carboxylic acids is 1. The maximum absolute atomic E-state index is 12.5. The molecule has 9 heteroatoms. The Labute approximate surface area is 172 Å². The van der Waals surface area contributed by atoms with E-state index in [0.717, 1.165) is 0 Å². The van der Waals surface area contributed by atoms with Crippen molar-refractivity contribution in [2.75, 3.05) is 27.4 Å². The molecule has 0 unspecified atom stereocenters. The van der Waals surface area contributed by atoms with Gasteiger partial charge in [0.15, 0.2) is 23.0 Å². The Balaban J connectivity index is 2.04. The molecule has 2 aromatic rings. The quantitative estimate of drug-likeness (QED) is 0.609. The fourth-order valence-electron chi connectivity index (χ4n) is 2.62. The average molecular weight is 430 g/mol. The molecule has 2 rings (SSSR count). The zero-order valence-electron chi connectivity index (χ0n) is 16.3. The van der Waals surface area contributed by atoms with Gasteiger partial charge in [0.2, 0.25) is 0 Å². The molecule has 0 aliphatic heterocycles. The number of rotatable bonds is 10. The summed E-state index contributed by atoms with van der Waals surface area (Å²) < 4.78 is 45.2. The maximum Gasteiger partial charge on any atom is 0.387 e. The van der Waals surface area contributed by atoms with Gasteiger partial charge in [0.1, 0.15) is 0 Å². The van der Waals surface area contributed by atoms with Crippen molar-refractivity contribution in [1.82, 2.24) is 5.32 Å². The minimum Gasteiger partial charge on any atom is -0.493 e. The lowest BCUT2D eigenvalue weighted by molar-refractivity contribution is -0.0512. The molecule has 0 radical (unpaired) electrons. The SMILES string of the molecule is CCOc1c(Cl)cc(C(=O)NCCc2ccc(OC)c(OC(F)F)c2)cc1OC. The van der Waals surface area contributed by atoms with Crippen molar-refractivity contribution in [1.29, 1.82) is 0 Å². The number of halogens is 3. The van der Waals surface area contributed by atoms with Crippen molar-refractivity contribution in [2.45, 2.75) is 20.0 Å². The minimum atomic E-state index is -2.96. The normalized spacial score (nSPS) is 10.6. The highest BCUT2D eigenvalue weighted by Crippen LogP contribution is 2.36. The van der Waals surface area contributed by atoms with Crippen LogP contribution in [0, 0.1) is 0 Å². The number of alkyl halides is 2. The molecule has 0 saturated heterocycles. The molecule has 0 aliphatic carbocycles. The summed E-state index contributed by atoms with van der Waals surface area (Å²) in [5.41, 5.74) is 1.01. The van der Waals surface area contributed by atoms with E-state index in [2.05, 4.69) is 10.1 Å². The Morgan fingerprint density at radius 2 is 1.83 bits per heavy atom. The Morgan fingerprint density at radius 1 is 1.10 bits per heavy atom. The number of methoxy groups -OCH3 is 2. The van der Waals surface area contributed by atoms with Gasteiger partial charge in [0.05, 0.1) is 25.8 Å². The van der Waals surface area contributed by atoms with Crippen LogP contribution in [-0.4, -0.2) is 39.9 Å². The first-order valence-corrected chi connectivity index (χ1v) is 9.17. The van der Waals surface area contributed by atoms with Crippen LogP contribution >= 0.6 is 11.6 Å². The summed E-state index contributed by atoms with van der Waals surface area (Å²) in [6.07, 6.45) is 0.400. The summed E-state index contributed by atoms with van der Waals surface area (Å²) in [6.45, 7) is -0.473. The first-order chi connectivity index (χ1) is 13.9. The smallest absolute Gasteiger partial charge is 0.387 e. The molecule has 29 heavy (non-hydrogen) atoms. The van der Waals surface area contributed by atoms with Crippen molar-refractivity contribution in [3.05, 3.63) is 46.5 Å². The van der Waals surface area contributed by atoms with Gasteiger partial charge in [-0.2, -0.15) is 8.78 Å². The summed E-state index contributed by atoms with van der Waals surface area (Å²) in [6, 6.07) is 7.72. The highest BCUT2D eigenvalue weighted by Gasteiger charge is 2.16. The lowest BCUT2D eigenvalue weighted by Crippen LogP contribution is -2.25. The summed E-state index contributed by atoms with van der Waals surface area (Å²) in [7, 11) is 2.82. The topological polar surface area (TPSA) is 66.0 Å². The van der Waals surface area contributed by atoms with Crippen molar-refractivity contribution >= 4 is 17.5 Å². The number of amides is 1. The predicted octanol–water partition coefficient (Wildman–Crippen LogP) is 4.33. The second kappa shape index (κ2) is 10.7. The van der Waals surface area contributed by atoms with Crippen molar-refractivity contribution in [3.63, 3.8) is 0 Å². The van der Waals surface area contributed by atoms with Crippen LogP contribution < -0.4 is 24.3 Å². The number of hydrogen-bond donors (Lipinski definition) is 1. The van der Waals surface area contributed by atoms with Crippen LogP contribution in [0.5, 0.6) is 23.0 Å². The molecule has 0 spiro atoms. The van der Waals surface area contributed by atoms with E-state index < -0.39 is 6.61 Å². The molecule has 158 valence electrons. The van der Waals surface area contributed by atoms with E-state index >= 15 is 0 Å².